The molecule has 3 rings (SSSR count). The molecule has 0 bridgehead atoms. The summed E-state index contributed by atoms with van der Waals surface area (Å²) in [5.41, 5.74) is 1.77. The molecule has 1 N–H and O–H groups in total. The van der Waals surface area contributed by atoms with Gasteiger partial charge < -0.3 is 15.1 Å². The van der Waals surface area contributed by atoms with Crippen LogP contribution in [0.5, 0.6) is 0 Å². The second kappa shape index (κ2) is 7.55. The number of anilines is 2. The first-order valence-electron chi connectivity index (χ1n) is 7.54. The molecule has 1 saturated heterocycles. The molecular weight excluding hydrogens is 368 g/mol. The molecule has 126 valence electrons. The first-order chi connectivity index (χ1) is 11.5. The molecule has 2 aromatic carbocycles. The molecule has 0 saturated carbocycles. The molecule has 0 amide bonds. The third-order valence-electron chi connectivity index (χ3n) is 3.93. The zero-order valence-electron chi connectivity index (χ0n) is 12.8. The number of thiocarbonyl (C=S) groups is 1. The number of rotatable bonds is 2. The van der Waals surface area contributed by atoms with E-state index in [1.807, 2.05) is 6.07 Å². The molecule has 3 nitrogen and oxygen atoms in total. The first kappa shape index (κ1) is 17.3. The van der Waals surface area contributed by atoms with Crippen LogP contribution in [0.1, 0.15) is 0 Å². The second-order valence-corrected chi connectivity index (χ2v) is 6.74. The highest BCUT2D eigenvalue weighted by atomic mass is 35.5. The molecule has 1 aliphatic heterocycles. The van der Waals surface area contributed by atoms with Crippen LogP contribution in [0.4, 0.5) is 15.8 Å². The quantitative estimate of drug-likeness (QED) is 0.760. The van der Waals surface area contributed by atoms with Gasteiger partial charge in [-0.05, 0) is 54.7 Å². The molecule has 0 radical (unpaired) electrons. The van der Waals surface area contributed by atoms with Crippen LogP contribution in [-0.4, -0.2) is 36.2 Å². The number of hydrogen-bond donors (Lipinski definition) is 1. The van der Waals surface area contributed by atoms with Gasteiger partial charge in [0.1, 0.15) is 5.82 Å². The minimum Gasteiger partial charge on any atom is -0.368 e. The molecule has 0 spiro atoms. The predicted octanol–water partition coefficient (Wildman–Crippen LogP) is 4.65. The summed E-state index contributed by atoms with van der Waals surface area (Å²) in [5, 5.41) is 4.93. The molecular formula is C17H16Cl2FN3S. The van der Waals surface area contributed by atoms with Crippen LogP contribution in [0.3, 0.4) is 0 Å². The smallest absolute Gasteiger partial charge is 0.173 e. The first-order valence-corrected chi connectivity index (χ1v) is 8.71. The van der Waals surface area contributed by atoms with Gasteiger partial charge in [-0.1, -0.05) is 23.2 Å². The van der Waals surface area contributed by atoms with Crippen LogP contribution in [0.2, 0.25) is 10.0 Å². The molecule has 7 heteroatoms. The standard InChI is InChI=1S/C17H16Cl2FN3S/c18-12-1-6-16(15(19)11-12)21-17(24)23-9-7-22(8-10-23)14-4-2-13(20)3-5-14/h1-6,11H,7-10H2,(H,21,24). The van der Waals surface area contributed by atoms with Crippen molar-refractivity contribution in [2.45, 2.75) is 0 Å². The van der Waals surface area contributed by atoms with E-state index in [2.05, 4.69) is 15.1 Å². The van der Waals surface area contributed by atoms with Crippen molar-refractivity contribution in [1.82, 2.24) is 4.90 Å². The van der Waals surface area contributed by atoms with Gasteiger partial charge in [-0.3, -0.25) is 0 Å². The maximum absolute atomic E-state index is 13.0. The van der Waals surface area contributed by atoms with Crippen molar-refractivity contribution in [2.24, 2.45) is 0 Å². The highest BCUT2D eigenvalue weighted by Gasteiger charge is 2.19. The molecule has 0 aliphatic carbocycles. The van der Waals surface area contributed by atoms with E-state index in [0.29, 0.717) is 15.2 Å². The SMILES string of the molecule is Fc1ccc(N2CCN(C(=S)Nc3ccc(Cl)cc3Cl)CC2)cc1. The van der Waals surface area contributed by atoms with E-state index in [0.717, 1.165) is 37.6 Å². The summed E-state index contributed by atoms with van der Waals surface area (Å²) in [5.74, 6) is -0.220. The molecule has 0 unspecified atom stereocenters. The Kier molecular flexibility index (Phi) is 5.43. The number of benzene rings is 2. The lowest BCUT2D eigenvalue weighted by Crippen LogP contribution is -2.50. The molecule has 2 aromatic rings. The Morgan fingerprint density at radius 1 is 1.00 bits per heavy atom. The zero-order valence-corrected chi connectivity index (χ0v) is 15.1. The topological polar surface area (TPSA) is 18.5 Å². The van der Waals surface area contributed by atoms with Crippen LogP contribution in [0, 0.1) is 5.82 Å². The Balaban J connectivity index is 1.58. The monoisotopic (exact) mass is 383 g/mol. The fourth-order valence-electron chi connectivity index (χ4n) is 2.60. The Morgan fingerprint density at radius 3 is 2.29 bits per heavy atom. The van der Waals surface area contributed by atoms with Crippen LogP contribution in [0.25, 0.3) is 0 Å². The van der Waals surface area contributed by atoms with Crippen LogP contribution in [0.15, 0.2) is 42.5 Å². The van der Waals surface area contributed by atoms with E-state index in [1.165, 1.54) is 12.1 Å². The van der Waals surface area contributed by atoms with E-state index in [-0.39, 0.29) is 5.82 Å². The summed E-state index contributed by atoms with van der Waals surface area (Å²) >= 11 is 17.5. The van der Waals surface area contributed by atoms with E-state index in [1.54, 1.807) is 24.3 Å². The van der Waals surface area contributed by atoms with Gasteiger partial charge in [-0.25, -0.2) is 4.39 Å². The van der Waals surface area contributed by atoms with Crippen molar-refractivity contribution in [2.75, 3.05) is 36.4 Å². The average molecular weight is 384 g/mol. The highest BCUT2D eigenvalue weighted by Crippen LogP contribution is 2.26. The zero-order chi connectivity index (χ0) is 17.1. The van der Waals surface area contributed by atoms with Crippen molar-refractivity contribution >= 4 is 51.9 Å². The van der Waals surface area contributed by atoms with Crippen molar-refractivity contribution in [3.8, 4) is 0 Å². The lowest BCUT2D eigenvalue weighted by molar-refractivity contribution is 0.391. The van der Waals surface area contributed by atoms with Crippen LogP contribution in [-0.2, 0) is 0 Å². The number of nitrogens with one attached hydrogen (secondary N) is 1. The van der Waals surface area contributed by atoms with Gasteiger partial charge in [0.05, 0.1) is 10.7 Å². The third kappa shape index (κ3) is 4.09. The predicted molar refractivity (Wildman–Crippen MR) is 103 cm³/mol. The minimum absolute atomic E-state index is 0.220. The molecule has 1 aliphatic rings. The van der Waals surface area contributed by atoms with Crippen molar-refractivity contribution in [1.29, 1.82) is 0 Å². The summed E-state index contributed by atoms with van der Waals surface area (Å²) in [7, 11) is 0. The van der Waals surface area contributed by atoms with Gasteiger partial charge in [-0.2, -0.15) is 0 Å². The molecule has 0 atom stereocenters. The molecule has 1 fully saturated rings. The van der Waals surface area contributed by atoms with Gasteiger partial charge in [0.15, 0.2) is 5.11 Å². The number of piperazine rings is 1. The number of halogens is 3. The van der Waals surface area contributed by atoms with Crippen LogP contribution >= 0.6 is 35.4 Å². The lowest BCUT2D eigenvalue weighted by atomic mass is 10.2. The van der Waals surface area contributed by atoms with Gasteiger partial charge in [0.25, 0.3) is 0 Å². The minimum atomic E-state index is -0.220. The summed E-state index contributed by atoms with van der Waals surface area (Å²) < 4.78 is 13.0. The maximum Gasteiger partial charge on any atom is 0.173 e. The normalized spacial score (nSPS) is 14.6. The third-order valence-corrected chi connectivity index (χ3v) is 4.84. The Hall–Kier alpha value is -1.56. The summed E-state index contributed by atoms with van der Waals surface area (Å²) in [6.45, 7) is 3.21. The second-order valence-electron chi connectivity index (χ2n) is 5.50. The molecule has 1 heterocycles. The fraction of sp³-hybridized carbons (Fsp3) is 0.235. The highest BCUT2D eigenvalue weighted by molar-refractivity contribution is 7.80. The molecule has 24 heavy (non-hydrogen) atoms. The van der Waals surface area contributed by atoms with E-state index in [4.69, 9.17) is 35.4 Å². The maximum atomic E-state index is 13.0. The Labute approximate surface area is 156 Å². The number of hydrogen-bond acceptors (Lipinski definition) is 2. The lowest BCUT2D eigenvalue weighted by Gasteiger charge is -2.37. The summed E-state index contributed by atoms with van der Waals surface area (Å²) in [4.78, 5) is 4.31. The summed E-state index contributed by atoms with van der Waals surface area (Å²) in [6, 6.07) is 11.8. The molecule has 0 aromatic heterocycles. The van der Waals surface area contributed by atoms with Gasteiger partial charge in [-0.15, -0.1) is 0 Å². The van der Waals surface area contributed by atoms with E-state index < -0.39 is 0 Å². The fourth-order valence-corrected chi connectivity index (χ4v) is 3.35. The van der Waals surface area contributed by atoms with Gasteiger partial charge in [0.2, 0.25) is 0 Å². The Morgan fingerprint density at radius 2 is 1.67 bits per heavy atom. The Bertz CT molecular complexity index is 731. The van der Waals surface area contributed by atoms with Crippen molar-refractivity contribution < 1.29 is 4.39 Å². The number of nitrogens with zero attached hydrogens (tertiary/aromatic N) is 2. The average Bonchev–Trinajstić information content (AvgIpc) is 2.58. The van der Waals surface area contributed by atoms with Gasteiger partial charge in [0, 0.05) is 36.9 Å². The van der Waals surface area contributed by atoms with E-state index >= 15 is 0 Å². The van der Waals surface area contributed by atoms with Gasteiger partial charge >= 0.3 is 0 Å². The van der Waals surface area contributed by atoms with Crippen LogP contribution < -0.4 is 10.2 Å². The van der Waals surface area contributed by atoms with E-state index in [9.17, 15) is 4.39 Å². The summed E-state index contributed by atoms with van der Waals surface area (Å²) in [6.07, 6.45) is 0. The van der Waals surface area contributed by atoms with Crippen molar-refractivity contribution in [3.63, 3.8) is 0 Å². The van der Waals surface area contributed by atoms with Crippen molar-refractivity contribution in [3.05, 3.63) is 58.3 Å². The largest absolute Gasteiger partial charge is 0.368 e.